The van der Waals surface area contributed by atoms with Crippen molar-refractivity contribution in [1.29, 1.82) is 0 Å². The number of carbonyl (C=O) groups excluding carboxylic acids is 1. The highest BCUT2D eigenvalue weighted by atomic mass is 79.9. The van der Waals surface area contributed by atoms with E-state index in [1.807, 2.05) is 0 Å². The van der Waals surface area contributed by atoms with Gasteiger partial charge >= 0.3 is 0 Å². The van der Waals surface area contributed by atoms with Crippen molar-refractivity contribution in [3.05, 3.63) is 33.5 Å². The van der Waals surface area contributed by atoms with E-state index in [1.54, 1.807) is 13.0 Å². The van der Waals surface area contributed by atoms with Gasteiger partial charge in [0.25, 0.3) is 5.91 Å². The van der Waals surface area contributed by atoms with Gasteiger partial charge in [-0.3, -0.25) is 4.79 Å². The van der Waals surface area contributed by atoms with Crippen LogP contribution >= 0.6 is 15.9 Å². The molecule has 1 aliphatic carbocycles. The van der Waals surface area contributed by atoms with Gasteiger partial charge in [-0.1, -0.05) is 6.42 Å². The van der Waals surface area contributed by atoms with Crippen LogP contribution in [0.25, 0.3) is 0 Å². The van der Waals surface area contributed by atoms with Gasteiger partial charge in [-0.25, -0.2) is 4.39 Å². The van der Waals surface area contributed by atoms with Crippen molar-refractivity contribution in [1.82, 2.24) is 5.32 Å². The zero-order valence-electron chi connectivity index (χ0n) is 9.72. The molecule has 1 amide bonds. The van der Waals surface area contributed by atoms with Crippen molar-refractivity contribution < 1.29 is 9.18 Å². The van der Waals surface area contributed by atoms with Gasteiger partial charge in [0, 0.05) is 11.0 Å². The predicted octanol–water partition coefficient (Wildman–Crippen LogP) is 3.43. The molecule has 0 bridgehead atoms. The molecule has 17 heavy (non-hydrogen) atoms. The van der Waals surface area contributed by atoms with Crippen molar-refractivity contribution in [3.63, 3.8) is 0 Å². The summed E-state index contributed by atoms with van der Waals surface area (Å²) in [7, 11) is 0. The number of rotatable bonds is 3. The maximum atomic E-state index is 13.4. The third-order valence-electron chi connectivity index (χ3n) is 3.27. The molecule has 1 aromatic carbocycles. The maximum Gasteiger partial charge on any atom is 0.252 e. The molecule has 0 heterocycles. The average molecular weight is 300 g/mol. The molecule has 0 spiro atoms. The molecule has 4 heteroatoms. The Bertz CT molecular complexity index is 443. The van der Waals surface area contributed by atoms with Gasteiger partial charge in [-0.15, -0.1) is 0 Å². The first-order valence-electron chi connectivity index (χ1n) is 5.82. The summed E-state index contributed by atoms with van der Waals surface area (Å²) in [5.41, 5.74) is 0.903. The third-order valence-corrected chi connectivity index (χ3v) is 3.93. The van der Waals surface area contributed by atoms with Gasteiger partial charge in [0.1, 0.15) is 5.82 Å². The molecule has 2 rings (SSSR count). The van der Waals surface area contributed by atoms with Crippen LogP contribution in [0, 0.1) is 18.7 Å². The first-order chi connectivity index (χ1) is 8.08. The van der Waals surface area contributed by atoms with Gasteiger partial charge in [0.2, 0.25) is 0 Å². The summed E-state index contributed by atoms with van der Waals surface area (Å²) in [6.45, 7) is 2.37. The minimum atomic E-state index is -0.345. The molecular weight excluding hydrogens is 285 g/mol. The Hall–Kier alpha value is -0.900. The quantitative estimate of drug-likeness (QED) is 0.910. The van der Waals surface area contributed by atoms with E-state index in [0.717, 1.165) is 0 Å². The smallest absolute Gasteiger partial charge is 0.252 e. The lowest BCUT2D eigenvalue weighted by Gasteiger charge is -2.25. The van der Waals surface area contributed by atoms with E-state index < -0.39 is 0 Å². The largest absolute Gasteiger partial charge is 0.352 e. The van der Waals surface area contributed by atoms with Crippen molar-refractivity contribution in [2.45, 2.75) is 26.2 Å². The van der Waals surface area contributed by atoms with Crippen LogP contribution in [0.4, 0.5) is 4.39 Å². The number of amides is 1. The summed E-state index contributed by atoms with van der Waals surface area (Å²) in [5, 5.41) is 2.85. The van der Waals surface area contributed by atoms with E-state index in [4.69, 9.17) is 0 Å². The van der Waals surface area contributed by atoms with Crippen LogP contribution in [-0.2, 0) is 0 Å². The number of nitrogens with one attached hydrogen (secondary N) is 1. The molecule has 1 N–H and O–H groups in total. The Labute approximate surface area is 109 Å². The molecule has 1 aliphatic rings. The number of hydrogen-bond donors (Lipinski definition) is 1. The van der Waals surface area contributed by atoms with Gasteiger partial charge in [0.05, 0.1) is 5.56 Å². The fourth-order valence-electron chi connectivity index (χ4n) is 1.85. The Morgan fingerprint density at radius 2 is 2.24 bits per heavy atom. The van der Waals surface area contributed by atoms with Crippen molar-refractivity contribution in [3.8, 4) is 0 Å². The monoisotopic (exact) mass is 299 g/mol. The topological polar surface area (TPSA) is 29.1 Å². The highest BCUT2D eigenvalue weighted by Crippen LogP contribution is 2.26. The van der Waals surface area contributed by atoms with E-state index in [0.29, 0.717) is 28.1 Å². The SMILES string of the molecule is Cc1cc(Br)c(C(=O)NCC2CCC2)cc1F. The van der Waals surface area contributed by atoms with E-state index in [-0.39, 0.29) is 11.7 Å². The fourth-order valence-corrected chi connectivity index (χ4v) is 2.49. The van der Waals surface area contributed by atoms with E-state index >= 15 is 0 Å². The minimum Gasteiger partial charge on any atom is -0.352 e. The molecule has 1 fully saturated rings. The Morgan fingerprint density at radius 3 is 2.82 bits per heavy atom. The van der Waals surface area contributed by atoms with Gasteiger partial charge in [-0.05, 0) is 59.3 Å². The van der Waals surface area contributed by atoms with Crippen molar-refractivity contribution in [2.75, 3.05) is 6.54 Å². The number of aryl methyl sites for hydroxylation is 1. The molecule has 92 valence electrons. The van der Waals surface area contributed by atoms with Gasteiger partial charge in [-0.2, -0.15) is 0 Å². The number of benzene rings is 1. The van der Waals surface area contributed by atoms with Crippen LogP contribution in [0.3, 0.4) is 0 Å². The second-order valence-corrected chi connectivity index (χ2v) is 5.44. The lowest BCUT2D eigenvalue weighted by atomic mass is 9.85. The van der Waals surface area contributed by atoms with Gasteiger partial charge in [0.15, 0.2) is 0 Å². The zero-order chi connectivity index (χ0) is 12.4. The van der Waals surface area contributed by atoms with Crippen molar-refractivity contribution >= 4 is 21.8 Å². The normalized spacial score (nSPS) is 15.5. The summed E-state index contributed by atoms with van der Waals surface area (Å²) >= 11 is 3.29. The molecule has 1 aromatic rings. The Kier molecular flexibility index (Phi) is 3.82. The lowest BCUT2D eigenvalue weighted by Crippen LogP contribution is -2.32. The molecule has 0 atom stereocenters. The highest BCUT2D eigenvalue weighted by Gasteiger charge is 2.19. The molecule has 0 aromatic heterocycles. The second kappa shape index (κ2) is 5.17. The highest BCUT2D eigenvalue weighted by molar-refractivity contribution is 9.10. The van der Waals surface area contributed by atoms with Crippen LogP contribution in [0.5, 0.6) is 0 Å². The Balaban J connectivity index is 2.04. The molecule has 0 saturated heterocycles. The molecule has 0 unspecified atom stereocenters. The standard InChI is InChI=1S/C13H15BrFNO/c1-8-5-11(14)10(6-12(8)15)13(17)16-7-9-3-2-4-9/h5-6,9H,2-4,7H2,1H3,(H,16,17). The third kappa shape index (κ3) is 2.86. The molecule has 1 saturated carbocycles. The second-order valence-electron chi connectivity index (χ2n) is 4.59. The van der Waals surface area contributed by atoms with E-state index in [2.05, 4.69) is 21.2 Å². The molecule has 2 nitrogen and oxygen atoms in total. The zero-order valence-corrected chi connectivity index (χ0v) is 11.3. The maximum absolute atomic E-state index is 13.4. The van der Waals surface area contributed by atoms with Gasteiger partial charge < -0.3 is 5.32 Å². The number of carbonyl (C=O) groups is 1. The van der Waals surface area contributed by atoms with Crippen LogP contribution in [0.15, 0.2) is 16.6 Å². The van der Waals surface area contributed by atoms with Crippen LogP contribution in [-0.4, -0.2) is 12.5 Å². The Morgan fingerprint density at radius 1 is 1.53 bits per heavy atom. The number of hydrogen-bond acceptors (Lipinski definition) is 1. The molecule has 0 aliphatic heterocycles. The van der Waals surface area contributed by atoms with E-state index in [1.165, 1.54) is 25.3 Å². The average Bonchev–Trinajstić information content (AvgIpc) is 2.21. The van der Waals surface area contributed by atoms with Crippen LogP contribution < -0.4 is 5.32 Å². The summed E-state index contributed by atoms with van der Waals surface area (Å²) < 4.78 is 14.0. The minimum absolute atomic E-state index is 0.206. The summed E-state index contributed by atoms with van der Waals surface area (Å²) in [6.07, 6.45) is 3.62. The summed E-state index contributed by atoms with van der Waals surface area (Å²) in [4.78, 5) is 11.9. The van der Waals surface area contributed by atoms with E-state index in [9.17, 15) is 9.18 Å². The van der Waals surface area contributed by atoms with Crippen LogP contribution in [0.2, 0.25) is 0 Å². The summed E-state index contributed by atoms with van der Waals surface area (Å²) in [6, 6.07) is 2.92. The van der Waals surface area contributed by atoms with Crippen LogP contribution in [0.1, 0.15) is 35.2 Å². The lowest BCUT2D eigenvalue weighted by molar-refractivity contribution is 0.0938. The van der Waals surface area contributed by atoms with Crippen molar-refractivity contribution in [2.24, 2.45) is 5.92 Å². The number of halogens is 2. The first kappa shape index (κ1) is 12.6. The first-order valence-corrected chi connectivity index (χ1v) is 6.61. The molecule has 0 radical (unpaired) electrons. The molecular formula is C13H15BrFNO. The predicted molar refractivity (Wildman–Crippen MR) is 68.5 cm³/mol. The fraction of sp³-hybridized carbons (Fsp3) is 0.462. The summed E-state index contributed by atoms with van der Waals surface area (Å²) in [5.74, 6) is 0.0534.